The van der Waals surface area contributed by atoms with Crippen LogP contribution >= 0.6 is 15.9 Å². The van der Waals surface area contributed by atoms with Gasteiger partial charge in [0.2, 0.25) is 0 Å². The highest BCUT2D eigenvalue weighted by molar-refractivity contribution is 9.11. The topological polar surface area (TPSA) is 3.24 Å². The van der Waals surface area contributed by atoms with Gasteiger partial charge in [-0.25, -0.2) is 0 Å². The van der Waals surface area contributed by atoms with Crippen LogP contribution in [0, 0.1) is 0 Å². The third kappa shape index (κ3) is 5.96. The fraction of sp³-hybridized carbons (Fsp3) is 0.500. The molecule has 0 spiro atoms. The van der Waals surface area contributed by atoms with Crippen molar-refractivity contribution in [2.75, 3.05) is 20.6 Å². The Morgan fingerprint density at radius 2 is 2.25 bits per heavy atom. The van der Waals surface area contributed by atoms with Gasteiger partial charge in [-0.15, -0.1) is 5.73 Å². The molecular weight excluding hydrogens is 166 g/mol. The molecule has 0 atom stereocenters. The van der Waals surface area contributed by atoms with Crippen LogP contribution in [0.2, 0.25) is 0 Å². The average Bonchev–Trinajstić information content (AvgIpc) is 1.66. The molecule has 0 saturated heterocycles. The number of likely N-dealkylation sites (N-methyl/N-ethyl adjacent to an activating group) is 1. The van der Waals surface area contributed by atoms with Crippen molar-refractivity contribution in [3.63, 3.8) is 0 Å². The Hall–Kier alpha value is -0.0400. The van der Waals surface area contributed by atoms with Crippen molar-refractivity contribution < 1.29 is 0 Å². The van der Waals surface area contributed by atoms with E-state index in [1.807, 2.05) is 20.2 Å². The van der Waals surface area contributed by atoms with Gasteiger partial charge in [-0.2, -0.15) is 0 Å². The van der Waals surface area contributed by atoms with E-state index in [2.05, 4.69) is 26.6 Å². The van der Waals surface area contributed by atoms with Crippen LogP contribution in [0.15, 0.2) is 16.8 Å². The van der Waals surface area contributed by atoms with Gasteiger partial charge in [0.05, 0.1) is 0 Å². The van der Waals surface area contributed by atoms with E-state index in [4.69, 9.17) is 0 Å². The van der Waals surface area contributed by atoms with Crippen LogP contribution in [-0.2, 0) is 0 Å². The lowest BCUT2D eigenvalue weighted by molar-refractivity contribution is 0.457. The zero-order valence-corrected chi connectivity index (χ0v) is 6.77. The minimum atomic E-state index is 0.947. The number of hydrogen-bond acceptors (Lipinski definition) is 1. The van der Waals surface area contributed by atoms with Crippen LogP contribution < -0.4 is 0 Å². The molecule has 0 rings (SSSR count). The summed E-state index contributed by atoms with van der Waals surface area (Å²) in [5, 5.41) is 0. The lowest BCUT2D eigenvalue weighted by Gasteiger charge is -2.01. The smallest absolute Gasteiger partial charge is 0.0232 e. The molecule has 0 heterocycles. The van der Waals surface area contributed by atoms with E-state index in [1.165, 1.54) is 0 Å². The summed E-state index contributed by atoms with van der Waals surface area (Å²) in [7, 11) is 4.04. The van der Waals surface area contributed by atoms with Crippen molar-refractivity contribution in [2.24, 2.45) is 0 Å². The SMILES string of the molecule is CN(C)CC=C=CBr. The molecule has 2 heteroatoms. The van der Waals surface area contributed by atoms with Gasteiger partial charge in [-0.05, 0) is 20.2 Å². The van der Waals surface area contributed by atoms with Crippen LogP contribution in [0.5, 0.6) is 0 Å². The van der Waals surface area contributed by atoms with Crippen molar-refractivity contribution >= 4 is 15.9 Å². The van der Waals surface area contributed by atoms with Gasteiger partial charge in [-0.1, -0.05) is 15.9 Å². The van der Waals surface area contributed by atoms with Gasteiger partial charge in [0.1, 0.15) is 0 Å². The zero-order chi connectivity index (χ0) is 6.41. The minimum Gasteiger partial charge on any atom is -0.305 e. The number of halogens is 1. The lowest BCUT2D eigenvalue weighted by Crippen LogP contribution is -2.09. The Morgan fingerprint density at radius 3 is 2.62 bits per heavy atom. The van der Waals surface area contributed by atoms with Crippen molar-refractivity contribution in [1.82, 2.24) is 4.90 Å². The van der Waals surface area contributed by atoms with E-state index in [0.717, 1.165) is 6.54 Å². The van der Waals surface area contributed by atoms with Crippen LogP contribution in [0.3, 0.4) is 0 Å². The molecule has 0 fully saturated rings. The fourth-order valence-corrected chi connectivity index (χ4v) is 0.467. The van der Waals surface area contributed by atoms with E-state index in [9.17, 15) is 0 Å². The van der Waals surface area contributed by atoms with E-state index in [0.29, 0.717) is 0 Å². The standard InChI is InChI=1S/C6H10BrN/c1-8(2)6-4-3-5-7/h4-5H,6H2,1-2H3. The van der Waals surface area contributed by atoms with Crippen molar-refractivity contribution in [3.8, 4) is 0 Å². The second-order valence-corrected chi connectivity index (χ2v) is 2.20. The maximum atomic E-state index is 3.11. The zero-order valence-electron chi connectivity index (χ0n) is 5.19. The first-order valence-electron chi connectivity index (χ1n) is 2.41. The van der Waals surface area contributed by atoms with Crippen molar-refractivity contribution in [1.29, 1.82) is 0 Å². The molecule has 0 aromatic rings. The Kier molecular flexibility index (Phi) is 5.08. The molecular formula is C6H10BrN. The second kappa shape index (κ2) is 5.10. The van der Waals surface area contributed by atoms with Gasteiger partial charge in [0.25, 0.3) is 0 Å². The fourth-order valence-electron chi connectivity index (χ4n) is 0.280. The third-order valence-corrected chi connectivity index (χ3v) is 0.902. The summed E-state index contributed by atoms with van der Waals surface area (Å²) in [5.74, 6) is 0. The molecule has 0 radical (unpaired) electrons. The van der Waals surface area contributed by atoms with Gasteiger partial charge in [0, 0.05) is 11.5 Å². The van der Waals surface area contributed by atoms with Gasteiger partial charge in [0.15, 0.2) is 0 Å². The predicted molar refractivity (Wildman–Crippen MR) is 40.1 cm³/mol. The summed E-state index contributed by atoms with van der Waals surface area (Å²) in [5.41, 5.74) is 2.90. The quantitative estimate of drug-likeness (QED) is 0.577. The number of hydrogen-bond donors (Lipinski definition) is 0. The summed E-state index contributed by atoms with van der Waals surface area (Å²) < 4.78 is 0. The normalized spacial score (nSPS) is 8.50. The molecule has 0 aliphatic carbocycles. The van der Waals surface area contributed by atoms with Gasteiger partial charge < -0.3 is 4.90 Å². The van der Waals surface area contributed by atoms with E-state index in [1.54, 1.807) is 4.99 Å². The number of rotatable bonds is 2. The summed E-state index contributed by atoms with van der Waals surface area (Å²) >= 11 is 3.11. The third-order valence-electron chi connectivity index (χ3n) is 0.637. The molecule has 0 aliphatic heterocycles. The molecule has 0 aromatic heterocycles. The minimum absolute atomic E-state index is 0.947. The average molecular weight is 176 g/mol. The molecule has 0 amide bonds. The molecule has 0 N–H and O–H groups in total. The Balaban J connectivity index is 3.30. The first kappa shape index (κ1) is 7.96. The first-order valence-corrected chi connectivity index (χ1v) is 3.33. The molecule has 8 heavy (non-hydrogen) atoms. The first-order chi connectivity index (χ1) is 3.77. The van der Waals surface area contributed by atoms with Crippen LogP contribution in [-0.4, -0.2) is 25.5 Å². The Bertz CT molecular complexity index is 101. The molecule has 0 saturated carbocycles. The van der Waals surface area contributed by atoms with Gasteiger partial charge >= 0.3 is 0 Å². The van der Waals surface area contributed by atoms with E-state index >= 15 is 0 Å². The predicted octanol–water partition coefficient (Wildman–Crippen LogP) is 1.61. The Labute approximate surface area is 58.8 Å². The van der Waals surface area contributed by atoms with Crippen molar-refractivity contribution in [2.45, 2.75) is 0 Å². The second-order valence-electron chi connectivity index (χ2n) is 1.74. The lowest BCUT2D eigenvalue weighted by atomic mass is 10.5. The molecule has 0 aromatic carbocycles. The maximum absolute atomic E-state index is 3.11. The highest BCUT2D eigenvalue weighted by atomic mass is 79.9. The highest BCUT2D eigenvalue weighted by Crippen LogP contribution is 1.78. The highest BCUT2D eigenvalue weighted by Gasteiger charge is 1.77. The van der Waals surface area contributed by atoms with Crippen LogP contribution in [0.25, 0.3) is 0 Å². The van der Waals surface area contributed by atoms with Gasteiger partial charge in [-0.3, -0.25) is 0 Å². The van der Waals surface area contributed by atoms with Crippen molar-refractivity contribution in [3.05, 3.63) is 16.8 Å². The van der Waals surface area contributed by atoms with E-state index in [-0.39, 0.29) is 0 Å². The molecule has 1 nitrogen and oxygen atoms in total. The molecule has 0 unspecified atom stereocenters. The number of nitrogens with zero attached hydrogens (tertiary/aromatic N) is 1. The summed E-state index contributed by atoms with van der Waals surface area (Å²) in [4.78, 5) is 3.79. The molecule has 46 valence electrons. The monoisotopic (exact) mass is 175 g/mol. The van der Waals surface area contributed by atoms with Crippen LogP contribution in [0.1, 0.15) is 0 Å². The summed E-state index contributed by atoms with van der Waals surface area (Å²) in [6.45, 7) is 0.947. The molecule has 0 bridgehead atoms. The maximum Gasteiger partial charge on any atom is 0.0232 e. The summed E-state index contributed by atoms with van der Waals surface area (Å²) in [6.07, 6.45) is 1.95. The summed E-state index contributed by atoms with van der Waals surface area (Å²) in [6, 6.07) is 0. The largest absolute Gasteiger partial charge is 0.305 e. The Morgan fingerprint density at radius 1 is 1.62 bits per heavy atom. The molecule has 0 aliphatic rings. The van der Waals surface area contributed by atoms with E-state index < -0.39 is 0 Å². The van der Waals surface area contributed by atoms with Crippen LogP contribution in [0.4, 0.5) is 0 Å².